The molecule has 0 bridgehead atoms. The van der Waals surface area contributed by atoms with Crippen LogP contribution in [0.5, 0.6) is 0 Å². The van der Waals surface area contributed by atoms with Gasteiger partial charge in [0, 0.05) is 31.0 Å². The molecule has 0 aliphatic heterocycles. The average Bonchev–Trinajstić information content (AvgIpc) is 2.93. The van der Waals surface area contributed by atoms with E-state index >= 15 is 0 Å². The van der Waals surface area contributed by atoms with Gasteiger partial charge in [-0.25, -0.2) is 0 Å². The second-order valence-corrected chi connectivity index (χ2v) is 12.5. The molecule has 0 N–H and O–H groups in total. The van der Waals surface area contributed by atoms with Gasteiger partial charge in [-0.15, -0.1) is 0 Å². The van der Waals surface area contributed by atoms with Gasteiger partial charge < -0.3 is 0 Å². The van der Waals surface area contributed by atoms with E-state index in [1.165, 1.54) is 14.7 Å². The lowest BCUT2D eigenvalue weighted by Crippen LogP contribution is -2.04. The molecular weight excluding hydrogens is 535 g/mol. The summed E-state index contributed by atoms with van der Waals surface area (Å²) in [4.78, 5) is 18.7. The van der Waals surface area contributed by atoms with Crippen molar-refractivity contribution in [3.63, 3.8) is 0 Å². The highest BCUT2D eigenvalue weighted by Gasteiger charge is 2.28. The first-order valence-electron chi connectivity index (χ1n) is 11.7. The zero-order valence-electron chi connectivity index (χ0n) is 20.0. The Morgan fingerprint density at radius 1 is 0.622 bits per heavy atom. The van der Waals surface area contributed by atoms with Gasteiger partial charge in [-0.2, -0.15) is 0 Å². The molecular formula is C32H23Cl2OS2+. The number of benzene rings is 5. The largest absolute Gasteiger partial charge is 0.289 e. The standard InChI is InChI=1S/C32H23Cl2OS2/c1-22-21-24(32(35)23-5-3-2-4-6-23)7-20-31(22)36-27-12-18-30(19-13-27)37(28-14-8-25(33)9-15-28)29-16-10-26(34)11-17-29/h2-21H,1H3/q+1. The van der Waals surface area contributed by atoms with Crippen molar-refractivity contribution in [2.24, 2.45) is 0 Å². The third-order valence-electron chi connectivity index (χ3n) is 5.86. The fourth-order valence-corrected chi connectivity index (χ4v) is 7.16. The smallest absolute Gasteiger partial charge is 0.193 e. The van der Waals surface area contributed by atoms with Crippen molar-refractivity contribution >= 4 is 51.6 Å². The topological polar surface area (TPSA) is 17.1 Å². The molecule has 0 saturated heterocycles. The molecule has 5 aromatic rings. The second-order valence-electron chi connectivity index (χ2n) is 8.46. The maximum Gasteiger partial charge on any atom is 0.193 e. The number of carbonyl (C=O) groups is 1. The van der Waals surface area contributed by atoms with Crippen LogP contribution in [0.25, 0.3) is 0 Å². The lowest BCUT2D eigenvalue weighted by atomic mass is 10.0. The Hall–Kier alpha value is -2.95. The Bertz CT molecular complexity index is 1470. The fraction of sp³-hybridized carbons (Fsp3) is 0.0312. The summed E-state index contributed by atoms with van der Waals surface area (Å²) in [5.74, 6) is 0.0426. The quantitative estimate of drug-likeness (QED) is 0.146. The van der Waals surface area contributed by atoms with E-state index in [1.54, 1.807) is 11.8 Å². The minimum Gasteiger partial charge on any atom is -0.289 e. The monoisotopic (exact) mass is 557 g/mol. The molecule has 5 aromatic carbocycles. The Balaban J connectivity index is 1.39. The molecule has 0 aliphatic rings. The van der Waals surface area contributed by atoms with Gasteiger partial charge in [0.25, 0.3) is 0 Å². The molecule has 0 saturated carbocycles. The highest BCUT2D eigenvalue weighted by Crippen LogP contribution is 2.36. The van der Waals surface area contributed by atoms with Gasteiger partial charge in [0.05, 0.1) is 10.9 Å². The SMILES string of the molecule is Cc1cc(C(=O)c2ccccc2)ccc1Sc1ccc([S+](c2ccc(Cl)cc2)c2ccc(Cl)cc2)cc1. The van der Waals surface area contributed by atoms with Crippen molar-refractivity contribution in [2.75, 3.05) is 0 Å². The summed E-state index contributed by atoms with van der Waals surface area (Å²) in [5.41, 5.74) is 2.49. The molecule has 1 nitrogen and oxygen atoms in total. The highest BCUT2D eigenvalue weighted by atomic mass is 35.5. The summed E-state index contributed by atoms with van der Waals surface area (Å²) in [6.07, 6.45) is 0. The van der Waals surface area contributed by atoms with Gasteiger partial charge in [-0.1, -0.05) is 65.3 Å². The normalized spacial score (nSPS) is 11.0. The van der Waals surface area contributed by atoms with Crippen LogP contribution in [0.3, 0.4) is 0 Å². The van der Waals surface area contributed by atoms with Crippen LogP contribution in [-0.2, 0) is 10.9 Å². The van der Waals surface area contributed by atoms with Crippen molar-refractivity contribution in [2.45, 2.75) is 31.4 Å². The minimum atomic E-state index is -0.281. The lowest BCUT2D eigenvalue weighted by molar-refractivity contribution is 0.103. The molecule has 0 aromatic heterocycles. The van der Waals surface area contributed by atoms with Crippen LogP contribution in [0.15, 0.2) is 146 Å². The number of hydrogen-bond acceptors (Lipinski definition) is 2. The highest BCUT2D eigenvalue weighted by molar-refractivity contribution is 7.99. The average molecular weight is 559 g/mol. The van der Waals surface area contributed by atoms with E-state index in [2.05, 4.69) is 55.5 Å². The van der Waals surface area contributed by atoms with Gasteiger partial charge in [0.2, 0.25) is 0 Å². The number of halogens is 2. The number of rotatable bonds is 7. The van der Waals surface area contributed by atoms with Crippen molar-refractivity contribution in [3.05, 3.63) is 148 Å². The molecule has 5 rings (SSSR count). The fourth-order valence-electron chi connectivity index (χ4n) is 3.98. The van der Waals surface area contributed by atoms with Crippen molar-refractivity contribution in [3.8, 4) is 0 Å². The van der Waals surface area contributed by atoms with Crippen LogP contribution < -0.4 is 0 Å². The third-order valence-corrected chi connectivity index (χ3v) is 9.78. The first kappa shape index (κ1) is 25.7. The second kappa shape index (κ2) is 11.6. The Labute approximate surface area is 234 Å². The Kier molecular flexibility index (Phi) is 8.07. The summed E-state index contributed by atoms with van der Waals surface area (Å²) < 4.78 is 0. The summed E-state index contributed by atoms with van der Waals surface area (Å²) in [6, 6.07) is 40.1. The van der Waals surface area contributed by atoms with E-state index < -0.39 is 0 Å². The van der Waals surface area contributed by atoms with E-state index in [1.807, 2.05) is 72.8 Å². The summed E-state index contributed by atoms with van der Waals surface area (Å²) in [7, 11) is -0.281. The molecule has 0 atom stereocenters. The molecule has 37 heavy (non-hydrogen) atoms. The maximum absolute atomic E-state index is 12.8. The van der Waals surface area contributed by atoms with Crippen molar-refractivity contribution in [1.29, 1.82) is 0 Å². The summed E-state index contributed by atoms with van der Waals surface area (Å²) in [5, 5.41) is 1.45. The maximum atomic E-state index is 12.8. The van der Waals surface area contributed by atoms with E-state index in [9.17, 15) is 4.79 Å². The lowest BCUT2D eigenvalue weighted by Gasteiger charge is -2.10. The molecule has 0 fully saturated rings. The van der Waals surface area contributed by atoms with Gasteiger partial charge >= 0.3 is 0 Å². The predicted molar refractivity (Wildman–Crippen MR) is 157 cm³/mol. The summed E-state index contributed by atoms with van der Waals surface area (Å²) >= 11 is 14.0. The molecule has 0 aliphatic carbocycles. The van der Waals surface area contributed by atoms with E-state index in [4.69, 9.17) is 23.2 Å². The molecule has 0 heterocycles. The Morgan fingerprint density at radius 2 is 1.14 bits per heavy atom. The molecule has 0 amide bonds. The van der Waals surface area contributed by atoms with Gasteiger partial charge in [0.15, 0.2) is 20.5 Å². The molecule has 0 spiro atoms. The number of carbonyl (C=O) groups excluding carboxylic acids is 1. The minimum absolute atomic E-state index is 0.0426. The van der Waals surface area contributed by atoms with Crippen LogP contribution in [0, 0.1) is 6.92 Å². The van der Waals surface area contributed by atoms with Crippen LogP contribution in [0.1, 0.15) is 21.5 Å². The van der Waals surface area contributed by atoms with Gasteiger partial charge in [-0.3, -0.25) is 4.79 Å². The van der Waals surface area contributed by atoms with Crippen molar-refractivity contribution < 1.29 is 4.79 Å². The number of hydrogen-bond donors (Lipinski definition) is 0. The first-order chi connectivity index (χ1) is 18.0. The number of ketones is 1. The van der Waals surface area contributed by atoms with Gasteiger partial charge in [-0.05, 0) is 103 Å². The van der Waals surface area contributed by atoms with E-state index in [-0.39, 0.29) is 16.7 Å². The van der Waals surface area contributed by atoms with Gasteiger partial charge in [0.1, 0.15) is 0 Å². The van der Waals surface area contributed by atoms with Crippen LogP contribution in [0.2, 0.25) is 10.0 Å². The number of aryl methyl sites for hydroxylation is 1. The molecule has 0 radical (unpaired) electrons. The zero-order chi connectivity index (χ0) is 25.8. The van der Waals surface area contributed by atoms with E-state index in [0.717, 1.165) is 25.4 Å². The zero-order valence-corrected chi connectivity index (χ0v) is 23.2. The third kappa shape index (κ3) is 6.14. The molecule has 182 valence electrons. The van der Waals surface area contributed by atoms with Crippen molar-refractivity contribution in [1.82, 2.24) is 0 Å². The van der Waals surface area contributed by atoms with Crippen LogP contribution in [0.4, 0.5) is 0 Å². The summed E-state index contributed by atoms with van der Waals surface area (Å²) in [6.45, 7) is 2.05. The predicted octanol–water partition coefficient (Wildman–Crippen LogP) is 9.78. The Morgan fingerprint density at radius 3 is 1.65 bits per heavy atom. The van der Waals surface area contributed by atoms with E-state index in [0.29, 0.717) is 11.1 Å². The molecule has 0 unspecified atom stereocenters. The van der Waals surface area contributed by atoms with Crippen LogP contribution in [-0.4, -0.2) is 5.78 Å². The molecule has 5 heteroatoms. The van der Waals surface area contributed by atoms with Crippen LogP contribution >= 0.6 is 35.0 Å². The first-order valence-corrected chi connectivity index (χ1v) is 14.5.